The van der Waals surface area contributed by atoms with Crippen LogP contribution in [0.5, 0.6) is 11.5 Å². The van der Waals surface area contributed by atoms with Crippen molar-refractivity contribution >= 4 is 11.6 Å². The molecule has 0 aromatic heterocycles. The number of aromatic hydroxyl groups is 1. The van der Waals surface area contributed by atoms with Gasteiger partial charge in [0.1, 0.15) is 23.7 Å². The monoisotopic (exact) mass is 428 g/mol. The first kappa shape index (κ1) is 24.6. The van der Waals surface area contributed by atoms with E-state index in [1.807, 2.05) is 13.0 Å². The fraction of sp³-hybridized carbons (Fsp3) is 0.440. The third-order valence-corrected chi connectivity index (χ3v) is 5.28. The summed E-state index contributed by atoms with van der Waals surface area (Å²) in [5.41, 5.74) is 4.44. The first-order valence-corrected chi connectivity index (χ1v) is 10.5. The Bertz CT molecular complexity index is 916. The number of ketones is 2. The number of hydrogen-bond acceptors (Lipinski definition) is 6. The van der Waals surface area contributed by atoms with Crippen molar-refractivity contribution in [3.63, 3.8) is 0 Å². The van der Waals surface area contributed by atoms with Crippen molar-refractivity contribution in [2.45, 2.75) is 59.8 Å². The summed E-state index contributed by atoms with van der Waals surface area (Å²) in [6.07, 6.45) is 10.6. The van der Waals surface area contributed by atoms with Gasteiger partial charge in [0.05, 0.1) is 0 Å². The molecule has 0 atom stereocenters. The Hall–Kier alpha value is -2.70. The van der Waals surface area contributed by atoms with Crippen LogP contribution in [0, 0.1) is 0 Å². The molecule has 0 unspecified atom stereocenters. The topological polar surface area (TPSA) is 93.1 Å². The van der Waals surface area contributed by atoms with Crippen LogP contribution < -0.4 is 4.74 Å². The number of phenols is 1. The second-order valence-corrected chi connectivity index (χ2v) is 8.20. The van der Waals surface area contributed by atoms with Gasteiger partial charge < -0.3 is 9.84 Å². The average molecular weight is 429 g/mol. The fourth-order valence-corrected chi connectivity index (χ4v) is 3.49. The lowest BCUT2D eigenvalue weighted by Gasteiger charge is -2.12. The highest BCUT2D eigenvalue weighted by Gasteiger charge is 2.30. The third-order valence-electron chi connectivity index (χ3n) is 5.28. The molecule has 0 amide bonds. The highest BCUT2D eigenvalue weighted by atomic mass is 17.1. The van der Waals surface area contributed by atoms with Gasteiger partial charge in [-0.3, -0.25) is 14.8 Å². The van der Waals surface area contributed by atoms with Crippen LogP contribution in [0.3, 0.4) is 0 Å². The van der Waals surface area contributed by atoms with Crippen molar-refractivity contribution in [1.82, 2.24) is 0 Å². The summed E-state index contributed by atoms with van der Waals surface area (Å²) in [7, 11) is 0. The number of phenolic OH excluding ortho intramolecular Hbond substituents is 1. The molecule has 0 spiro atoms. The molecule has 0 fully saturated rings. The fourth-order valence-electron chi connectivity index (χ4n) is 3.49. The van der Waals surface area contributed by atoms with Gasteiger partial charge in [0.15, 0.2) is 12.4 Å². The summed E-state index contributed by atoms with van der Waals surface area (Å²) in [6.45, 7) is 7.64. The molecular formula is C25H32O6. The molecule has 31 heavy (non-hydrogen) atoms. The van der Waals surface area contributed by atoms with E-state index < -0.39 is 12.4 Å². The molecule has 168 valence electrons. The van der Waals surface area contributed by atoms with Crippen LogP contribution in [0.4, 0.5) is 0 Å². The maximum atomic E-state index is 12.4. The van der Waals surface area contributed by atoms with Crippen molar-refractivity contribution < 1.29 is 29.6 Å². The number of fused-ring (bicyclic) bond motifs is 1. The molecule has 2 rings (SSSR count). The van der Waals surface area contributed by atoms with E-state index in [2.05, 4.69) is 37.8 Å². The second-order valence-electron chi connectivity index (χ2n) is 8.20. The number of carbonyl (C=O) groups excluding carboxylic acids is 2. The molecule has 0 radical (unpaired) electrons. The molecule has 0 aliphatic carbocycles. The van der Waals surface area contributed by atoms with E-state index >= 15 is 0 Å². The van der Waals surface area contributed by atoms with Crippen molar-refractivity contribution in [1.29, 1.82) is 0 Å². The lowest BCUT2D eigenvalue weighted by molar-refractivity contribution is -0.230. The molecule has 6 nitrogen and oxygen atoms in total. The van der Waals surface area contributed by atoms with Crippen LogP contribution in [0.1, 0.15) is 79.7 Å². The van der Waals surface area contributed by atoms with Crippen LogP contribution in [0.2, 0.25) is 0 Å². The number of Topliss-reactive ketones (excluding diaryl/α,β-unsaturated/α-hetero) is 2. The summed E-state index contributed by atoms with van der Waals surface area (Å²) in [4.78, 5) is 28.4. The molecule has 0 saturated carbocycles. The molecule has 0 bridgehead atoms. The number of ether oxygens (including phenoxy) is 1. The second kappa shape index (κ2) is 11.6. The summed E-state index contributed by atoms with van der Waals surface area (Å²) in [5.74, 6) is -0.873. The van der Waals surface area contributed by atoms with Crippen LogP contribution in [0.25, 0.3) is 0 Å². The van der Waals surface area contributed by atoms with E-state index in [0.29, 0.717) is 5.56 Å². The molecule has 1 aromatic carbocycles. The Labute approximate surface area is 183 Å². The Morgan fingerprint density at radius 1 is 1.10 bits per heavy atom. The predicted molar refractivity (Wildman–Crippen MR) is 120 cm³/mol. The molecular weight excluding hydrogens is 396 g/mol. The van der Waals surface area contributed by atoms with Gasteiger partial charge in [0, 0.05) is 11.1 Å². The molecule has 1 heterocycles. The summed E-state index contributed by atoms with van der Waals surface area (Å²) >= 11 is 0. The Morgan fingerprint density at radius 2 is 1.74 bits per heavy atom. The first-order chi connectivity index (χ1) is 14.7. The van der Waals surface area contributed by atoms with E-state index in [-0.39, 0.29) is 41.4 Å². The maximum Gasteiger partial charge on any atom is 0.207 e. The number of benzene rings is 1. The lowest BCUT2D eigenvalue weighted by atomic mass is 9.94. The largest absolute Gasteiger partial charge is 0.507 e. The molecule has 0 saturated heterocycles. The number of rotatable bonds is 11. The average Bonchev–Trinajstić information content (AvgIpc) is 3.08. The SMILES string of the molecule is CC(C)=CCC/C(C)=C/CC/C(C)=C\Cc1c(C(=O)COO)cc2c(c1O)C(=O)CO2. The van der Waals surface area contributed by atoms with Crippen LogP contribution in [0.15, 0.2) is 41.0 Å². The van der Waals surface area contributed by atoms with Gasteiger partial charge in [-0.05, 0) is 65.9 Å². The van der Waals surface area contributed by atoms with E-state index in [1.54, 1.807) is 0 Å². The first-order valence-electron chi connectivity index (χ1n) is 10.5. The van der Waals surface area contributed by atoms with E-state index in [9.17, 15) is 14.7 Å². The van der Waals surface area contributed by atoms with Gasteiger partial charge in [-0.2, -0.15) is 0 Å². The van der Waals surface area contributed by atoms with Gasteiger partial charge in [-0.25, -0.2) is 4.89 Å². The standard InChI is InChI=1S/C25H32O6/c1-16(2)7-5-8-17(3)9-6-10-18(4)11-12-19-20(21(26)15-31-29)13-23-24(25(19)28)22(27)14-30-23/h7,9,11,13,28-29H,5-6,8,10,12,14-15H2,1-4H3/b17-9+,18-11-. The number of allylic oxidation sites excluding steroid dienone is 6. The van der Waals surface area contributed by atoms with E-state index in [0.717, 1.165) is 31.3 Å². The maximum absolute atomic E-state index is 12.4. The quantitative estimate of drug-likeness (QED) is 0.206. The van der Waals surface area contributed by atoms with E-state index in [1.165, 1.54) is 17.2 Å². The highest BCUT2D eigenvalue weighted by molar-refractivity contribution is 6.08. The van der Waals surface area contributed by atoms with Crippen molar-refractivity contribution in [2.24, 2.45) is 0 Å². The van der Waals surface area contributed by atoms with Gasteiger partial charge >= 0.3 is 0 Å². The molecule has 1 aromatic rings. The summed E-state index contributed by atoms with van der Waals surface area (Å²) in [5, 5.41) is 19.3. The normalized spacial score (nSPS) is 13.8. The Kier molecular flexibility index (Phi) is 9.21. The van der Waals surface area contributed by atoms with E-state index in [4.69, 9.17) is 9.99 Å². The van der Waals surface area contributed by atoms with Gasteiger partial charge in [-0.1, -0.05) is 34.9 Å². The molecule has 6 heteroatoms. The lowest BCUT2D eigenvalue weighted by Crippen LogP contribution is -2.11. The predicted octanol–water partition coefficient (Wildman–Crippen LogP) is 5.60. The van der Waals surface area contributed by atoms with Crippen LogP contribution in [-0.2, 0) is 11.3 Å². The Morgan fingerprint density at radius 3 is 2.39 bits per heavy atom. The van der Waals surface area contributed by atoms with Crippen molar-refractivity contribution in [3.05, 3.63) is 57.7 Å². The zero-order valence-corrected chi connectivity index (χ0v) is 18.8. The minimum atomic E-state index is -0.543. The molecule has 1 aliphatic rings. The number of carbonyl (C=O) groups is 2. The van der Waals surface area contributed by atoms with Crippen molar-refractivity contribution in [3.8, 4) is 11.5 Å². The zero-order chi connectivity index (χ0) is 23.0. The summed E-state index contributed by atoms with van der Waals surface area (Å²) < 4.78 is 5.27. The van der Waals surface area contributed by atoms with Gasteiger partial charge in [-0.15, -0.1) is 0 Å². The van der Waals surface area contributed by atoms with Crippen LogP contribution >= 0.6 is 0 Å². The minimum absolute atomic E-state index is 0.109. The Balaban J connectivity index is 2.11. The van der Waals surface area contributed by atoms with Crippen LogP contribution in [-0.4, -0.2) is 35.1 Å². The van der Waals surface area contributed by atoms with Crippen molar-refractivity contribution in [2.75, 3.05) is 13.2 Å². The smallest absolute Gasteiger partial charge is 0.207 e. The number of hydrogen-bond donors (Lipinski definition) is 2. The molecule has 1 aliphatic heterocycles. The molecule has 2 N–H and O–H groups in total. The summed E-state index contributed by atoms with van der Waals surface area (Å²) in [6, 6.07) is 1.44. The third kappa shape index (κ3) is 6.91. The van der Waals surface area contributed by atoms with Gasteiger partial charge in [0.25, 0.3) is 0 Å². The zero-order valence-electron chi connectivity index (χ0n) is 18.8. The minimum Gasteiger partial charge on any atom is -0.507 e. The van der Waals surface area contributed by atoms with Gasteiger partial charge in [0.2, 0.25) is 5.78 Å². The highest BCUT2D eigenvalue weighted by Crippen LogP contribution is 2.38.